The summed E-state index contributed by atoms with van der Waals surface area (Å²) in [4.78, 5) is 23.6. The molecule has 0 aliphatic carbocycles. The van der Waals surface area contributed by atoms with Gasteiger partial charge in [0.05, 0.1) is 4.92 Å². The normalized spacial score (nSPS) is 10.2. The summed E-state index contributed by atoms with van der Waals surface area (Å²) < 4.78 is 0. The van der Waals surface area contributed by atoms with Crippen molar-refractivity contribution in [2.45, 2.75) is 4.90 Å². The topological polar surface area (TPSA) is 60.2 Å². The minimum atomic E-state index is -0.527. The van der Waals surface area contributed by atoms with E-state index >= 15 is 0 Å². The van der Waals surface area contributed by atoms with Crippen molar-refractivity contribution >= 4 is 23.2 Å². The Labute approximate surface area is 114 Å². The first kappa shape index (κ1) is 13.3. The van der Waals surface area contributed by atoms with E-state index in [0.29, 0.717) is 5.56 Å². The molecule has 4 nitrogen and oxygen atoms in total. The molecule has 0 aromatic heterocycles. The van der Waals surface area contributed by atoms with Crippen LogP contribution in [0.15, 0.2) is 53.4 Å². The Hall–Kier alpha value is -2.14. The molecule has 19 heavy (non-hydrogen) atoms. The molecule has 2 aromatic carbocycles. The van der Waals surface area contributed by atoms with E-state index in [1.54, 1.807) is 42.5 Å². The van der Waals surface area contributed by atoms with E-state index in [1.165, 1.54) is 17.8 Å². The number of nitro groups is 1. The monoisotopic (exact) mass is 273 g/mol. The Morgan fingerprint density at radius 3 is 2.42 bits per heavy atom. The summed E-state index contributed by atoms with van der Waals surface area (Å²) >= 11 is 1.44. The van der Waals surface area contributed by atoms with Crippen molar-refractivity contribution in [1.82, 2.24) is 0 Å². The number of hydrogen-bond donors (Lipinski definition) is 0. The fourth-order valence-corrected chi connectivity index (χ4v) is 2.17. The minimum absolute atomic E-state index is 0.128. The molecule has 0 N–H and O–H groups in total. The van der Waals surface area contributed by atoms with Gasteiger partial charge < -0.3 is 0 Å². The fraction of sp³-hybridized carbons (Fsp3) is 0.0714. The molecule has 0 aliphatic rings. The van der Waals surface area contributed by atoms with E-state index < -0.39 is 4.92 Å². The first-order chi connectivity index (χ1) is 9.13. The molecule has 0 heterocycles. The number of nitrogens with zero attached hydrogens (tertiary/aromatic N) is 1. The second-order valence-corrected chi connectivity index (χ2v) is 4.71. The van der Waals surface area contributed by atoms with Crippen molar-refractivity contribution in [2.24, 2.45) is 0 Å². The molecule has 0 unspecified atom stereocenters. The van der Waals surface area contributed by atoms with Crippen LogP contribution < -0.4 is 0 Å². The first-order valence-corrected chi connectivity index (χ1v) is 6.78. The zero-order chi connectivity index (χ0) is 13.8. The third kappa shape index (κ3) is 2.82. The van der Waals surface area contributed by atoms with Gasteiger partial charge in [0.15, 0.2) is 5.78 Å². The third-order valence-electron chi connectivity index (χ3n) is 2.68. The molecule has 0 fully saturated rings. The number of ketones is 1. The highest BCUT2D eigenvalue weighted by atomic mass is 32.2. The summed E-state index contributed by atoms with van der Waals surface area (Å²) in [5.74, 6) is -0.330. The molecular weight excluding hydrogens is 262 g/mol. The standard InChI is InChI=1S/C14H11NO3S/c1-19-11-7-8-13(15(17)18)12(9-11)14(16)10-5-3-2-4-6-10/h2-9H,1H3. The number of thioether (sulfide) groups is 1. The van der Waals surface area contributed by atoms with Gasteiger partial charge in [-0.15, -0.1) is 11.8 Å². The molecule has 0 amide bonds. The summed E-state index contributed by atoms with van der Waals surface area (Å²) in [6.45, 7) is 0. The second-order valence-electron chi connectivity index (χ2n) is 3.84. The van der Waals surface area contributed by atoms with Crippen molar-refractivity contribution in [3.63, 3.8) is 0 Å². The third-order valence-corrected chi connectivity index (χ3v) is 3.41. The van der Waals surface area contributed by atoms with E-state index in [2.05, 4.69) is 0 Å². The van der Waals surface area contributed by atoms with Crippen LogP contribution in [0.5, 0.6) is 0 Å². The minimum Gasteiger partial charge on any atom is -0.288 e. The molecule has 0 spiro atoms. The number of rotatable bonds is 4. The highest BCUT2D eigenvalue weighted by Gasteiger charge is 2.21. The molecule has 0 saturated carbocycles. The highest BCUT2D eigenvalue weighted by molar-refractivity contribution is 7.98. The van der Waals surface area contributed by atoms with E-state index in [1.807, 2.05) is 6.26 Å². The Bertz CT molecular complexity index is 626. The molecule has 0 aliphatic heterocycles. The number of nitro benzene ring substituents is 1. The fourth-order valence-electron chi connectivity index (χ4n) is 1.73. The lowest BCUT2D eigenvalue weighted by Crippen LogP contribution is -2.05. The van der Waals surface area contributed by atoms with Gasteiger partial charge in [-0.25, -0.2) is 0 Å². The number of benzene rings is 2. The van der Waals surface area contributed by atoms with Crippen LogP contribution in [0, 0.1) is 10.1 Å². The van der Waals surface area contributed by atoms with Gasteiger partial charge in [-0.3, -0.25) is 14.9 Å². The molecule has 2 rings (SSSR count). The van der Waals surface area contributed by atoms with Gasteiger partial charge in [0, 0.05) is 16.5 Å². The van der Waals surface area contributed by atoms with Crippen molar-refractivity contribution in [1.29, 1.82) is 0 Å². The lowest BCUT2D eigenvalue weighted by atomic mass is 10.0. The van der Waals surface area contributed by atoms with Gasteiger partial charge in [0.25, 0.3) is 5.69 Å². The summed E-state index contributed by atoms with van der Waals surface area (Å²) in [7, 11) is 0. The molecule has 5 heteroatoms. The van der Waals surface area contributed by atoms with Crippen LogP contribution in [0.1, 0.15) is 15.9 Å². The first-order valence-electron chi connectivity index (χ1n) is 5.55. The predicted octanol–water partition coefficient (Wildman–Crippen LogP) is 3.55. The highest BCUT2D eigenvalue weighted by Crippen LogP contribution is 2.26. The number of carbonyl (C=O) groups excluding carboxylic acids is 1. The smallest absolute Gasteiger partial charge is 0.280 e. The average molecular weight is 273 g/mol. The van der Waals surface area contributed by atoms with Crippen molar-refractivity contribution < 1.29 is 9.72 Å². The lowest BCUT2D eigenvalue weighted by molar-refractivity contribution is -0.385. The molecule has 0 saturated heterocycles. The molecule has 0 radical (unpaired) electrons. The maximum Gasteiger partial charge on any atom is 0.280 e. The van der Waals surface area contributed by atoms with Crippen LogP contribution >= 0.6 is 11.8 Å². The van der Waals surface area contributed by atoms with E-state index in [-0.39, 0.29) is 17.0 Å². The Morgan fingerprint density at radius 2 is 1.84 bits per heavy atom. The predicted molar refractivity (Wildman–Crippen MR) is 74.8 cm³/mol. The second kappa shape index (κ2) is 5.67. The molecule has 0 atom stereocenters. The van der Waals surface area contributed by atoms with Gasteiger partial charge in [-0.05, 0) is 18.4 Å². The summed E-state index contributed by atoms with van der Waals surface area (Å²) in [6, 6.07) is 13.2. The maximum atomic E-state index is 12.3. The molecular formula is C14H11NO3S. The molecule has 96 valence electrons. The molecule has 0 bridgehead atoms. The van der Waals surface area contributed by atoms with Gasteiger partial charge in [0.2, 0.25) is 0 Å². The molecule has 2 aromatic rings. The van der Waals surface area contributed by atoms with Crippen molar-refractivity contribution in [3.05, 3.63) is 69.8 Å². The van der Waals surface area contributed by atoms with Crippen LogP contribution in [0.3, 0.4) is 0 Å². The van der Waals surface area contributed by atoms with Crippen molar-refractivity contribution in [2.75, 3.05) is 6.26 Å². The number of carbonyl (C=O) groups is 1. The lowest BCUT2D eigenvalue weighted by Gasteiger charge is -2.04. The number of hydrogen-bond acceptors (Lipinski definition) is 4. The van der Waals surface area contributed by atoms with Crippen LogP contribution in [0.2, 0.25) is 0 Å². The Balaban J connectivity index is 2.54. The van der Waals surface area contributed by atoms with Gasteiger partial charge in [0.1, 0.15) is 5.56 Å². The van der Waals surface area contributed by atoms with Crippen LogP contribution in [0.4, 0.5) is 5.69 Å². The van der Waals surface area contributed by atoms with E-state index in [4.69, 9.17) is 0 Å². The zero-order valence-corrected chi connectivity index (χ0v) is 11.0. The van der Waals surface area contributed by atoms with Gasteiger partial charge in [-0.2, -0.15) is 0 Å². The van der Waals surface area contributed by atoms with E-state index in [0.717, 1.165) is 4.90 Å². The Morgan fingerprint density at radius 1 is 1.16 bits per heavy atom. The van der Waals surface area contributed by atoms with Crippen LogP contribution in [0.25, 0.3) is 0 Å². The van der Waals surface area contributed by atoms with Gasteiger partial charge >= 0.3 is 0 Å². The zero-order valence-electron chi connectivity index (χ0n) is 10.2. The van der Waals surface area contributed by atoms with Gasteiger partial charge in [-0.1, -0.05) is 30.3 Å². The summed E-state index contributed by atoms with van der Waals surface area (Å²) in [6.07, 6.45) is 1.86. The summed E-state index contributed by atoms with van der Waals surface area (Å²) in [5, 5.41) is 11.0. The largest absolute Gasteiger partial charge is 0.288 e. The summed E-state index contributed by atoms with van der Waals surface area (Å²) in [5.41, 5.74) is 0.415. The van der Waals surface area contributed by atoms with Crippen LogP contribution in [-0.4, -0.2) is 17.0 Å². The Kier molecular flexibility index (Phi) is 3.97. The van der Waals surface area contributed by atoms with E-state index in [9.17, 15) is 14.9 Å². The van der Waals surface area contributed by atoms with Crippen LogP contribution in [-0.2, 0) is 0 Å². The maximum absolute atomic E-state index is 12.3. The quantitative estimate of drug-likeness (QED) is 0.370. The SMILES string of the molecule is CSc1ccc([N+](=O)[O-])c(C(=O)c2ccccc2)c1. The average Bonchev–Trinajstić information content (AvgIpc) is 2.46. The van der Waals surface area contributed by atoms with Crippen molar-refractivity contribution in [3.8, 4) is 0 Å².